The lowest BCUT2D eigenvalue weighted by molar-refractivity contribution is -0.0329. The van der Waals surface area contributed by atoms with Crippen LogP contribution in [0.25, 0.3) is 22.7 Å². The highest BCUT2D eigenvalue weighted by atomic mass is 79.9. The van der Waals surface area contributed by atoms with Gasteiger partial charge in [-0.25, -0.2) is 4.98 Å². The van der Waals surface area contributed by atoms with Crippen LogP contribution in [0.2, 0.25) is 0 Å². The first-order chi connectivity index (χ1) is 11.8. The van der Waals surface area contributed by atoms with Gasteiger partial charge in [-0.1, -0.05) is 6.92 Å². The minimum absolute atomic E-state index is 0.239. The molecule has 11 heteroatoms. The lowest BCUT2D eigenvalue weighted by Crippen LogP contribution is -2.01. The van der Waals surface area contributed by atoms with E-state index >= 15 is 0 Å². The second-order valence-electron chi connectivity index (χ2n) is 4.87. The average Bonchev–Trinajstić information content (AvgIpc) is 2.83. The molecule has 0 unspecified atom stereocenters. The number of pyridine rings is 1. The molecule has 0 atom stereocenters. The van der Waals surface area contributed by atoms with Crippen LogP contribution in [-0.2, 0) is 7.05 Å². The van der Waals surface area contributed by atoms with Crippen LogP contribution < -0.4 is 0 Å². The number of imidazole rings is 1. The molecule has 25 heavy (non-hydrogen) atoms. The van der Waals surface area contributed by atoms with Crippen LogP contribution >= 0.6 is 39.5 Å². The zero-order valence-corrected chi connectivity index (χ0v) is 16.2. The van der Waals surface area contributed by atoms with E-state index in [1.165, 1.54) is 6.07 Å². The number of halogens is 4. The number of rotatable bonds is 4. The molecule has 0 saturated heterocycles. The van der Waals surface area contributed by atoms with E-state index in [0.717, 1.165) is 15.1 Å². The zero-order chi connectivity index (χ0) is 18.2. The molecule has 0 N–H and O–H groups in total. The van der Waals surface area contributed by atoms with Crippen LogP contribution in [0.4, 0.5) is 13.2 Å². The fourth-order valence-electron chi connectivity index (χ4n) is 2.20. The Bertz CT molecular complexity index is 929. The molecule has 3 heterocycles. The maximum absolute atomic E-state index is 12.5. The van der Waals surface area contributed by atoms with E-state index in [1.807, 2.05) is 13.0 Å². The maximum Gasteiger partial charge on any atom is 0.447 e. The van der Waals surface area contributed by atoms with Gasteiger partial charge in [-0.2, -0.15) is 13.2 Å². The molecule has 0 aromatic carbocycles. The van der Waals surface area contributed by atoms with Crippen molar-refractivity contribution in [2.45, 2.75) is 22.4 Å². The van der Waals surface area contributed by atoms with Crippen molar-refractivity contribution in [1.82, 2.24) is 24.7 Å². The van der Waals surface area contributed by atoms with Crippen molar-refractivity contribution in [3.63, 3.8) is 0 Å². The van der Waals surface area contributed by atoms with Gasteiger partial charge in [0.1, 0.15) is 16.2 Å². The number of alkyl halides is 3. The first-order valence-electron chi connectivity index (χ1n) is 7.03. The quantitative estimate of drug-likeness (QED) is 0.527. The number of thioether (sulfide) groups is 2. The second kappa shape index (κ2) is 7.12. The molecular weight excluding hydrogens is 439 g/mol. The van der Waals surface area contributed by atoms with E-state index in [1.54, 1.807) is 29.6 Å². The predicted octanol–water partition coefficient (Wildman–Crippen LogP) is 4.91. The molecule has 0 aliphatic heterocycles. The summed E-state index contributed by atoms with van der Waals surface area (Å²) in [4.78, 5) is 9.78. The van der Waals surface area contributed by atoms with Gasteiger partial charge in [-0.05, 0) is 27.7 Å². The summed E-state index contributed by atoms with van der Waals surface area (Å²) in [6, 6.07) is 3.22. The Morgan fingerprint density at radius 3 is 2.68 bits per heavy atom. The van der Waals surface area contributed by atoms with Gasteiger partial charge >= 0.3 is 5.51 Å². The third kappa shape index (κ3) is 4.09. The molecule has 0 aliphatic carbocycles. The Morgan fingerprint density at radius 2 is 2.00 bits per heavy atom. The summed E-state index contributed by atoms with van der Waals surface area (Å²) < 4.78 is 40.1. The number of aromatic nitrogens is 5. The highest BCUT2D eigenvalue weighted by Crippen LogP contribution is 2.37. The van der Waals surface area contributed by atoms with E-state index in [4.69, 9.17) is 0 Å². The first kappa shape index (κ1) is 18.5. The van der Waals surface area contributed by atoms with E-state index < -0.39 is 5.51 Å². The van der Waals surface area contributed by atoms with E-state index in [9.17, 15) is 13.2 Å². The predicted molar refractivity (Wildman–Crippen MR) is 95.5 cm³/mol. The normalized spacial score (nSPS) is 12.1. The third-order valence-corrected chi connectivity index (χ3v) is 5.13. The van der Waals surface area contributed by atoms with Gasteiger partial charge in [0.15, 0.2) is 11.5 Å². The van der Waals surface area contributed by atoms with Crippen LogP contribution in [0.1, 0.15) is 6.92 Å². The van der Waals surface area contributed by atoms with E-state index in [2.05, 4.69) is 36.1 Å². The molecule has 5 nitrogen and oxygen atoms in total. The van der Waals surface area contributed by atoms with Gasteiger partial charge in [0.2, 0.25) is 0 Å². The summed E-state index contributed by atoms with van der Waals surface area (Å²) in [6.45, 7) is 2.02. The van der Waals surface area contributed by atoms with Gasteiger partial charge < -0.3 is 4.57 Å². The van der Waals surface area contributed by atoms with Crippen molar-refractivity contribution in [2.75, 3.05) is 5.75 Å². The molecule has 3 aromatic heterocycles. The van der Waals surface area contributed by atoms with Crippen LogP contribution in [0.15, 0.2) is 32.7 Å². The Balaban J connectivity index is 2.10. The fourth-order valence-corrected chi connectivity index (χ4v) is 3.98. The molecule has 0 radical (unpaired) electrons. The molecule has 0 saturated carbocycles. The lowest BCUT2D eigenvalue weighted by atomic mass is 10.3. The van der Waals surface area contributed by atoms with Crippen molar-refractivity contribution >= 4 is 50.6 Å². The largest absolute Gasteiger partial charge is 0.447 e. The molecule has 132 valence electrons. The van der Waals surface area contributed by atoms with Crippen LogP contribution in [0.5, 0.6) is 0 Å². The van der Waals surface area contributed by atoms with Gasteiger partial charge in [-0.15, -0.1) is 22.0 Å². The Hall–Kier alpha value is -1.33. The van der Waals surface area contributed by atoms with Crippen molar-refractivity contribution < 1.29 is 13.2 Å². The third-order valence-electron chi connectivity index (χ3n) is 3.15. The molecule has 3 rings (SSSR count). The van der Waals surface area contributed by atoms with Crippen LogP contribution in [0, 0.1) is 0 Å². The molecular formula is C14H11BrF3N5S2. The van der Waals surface area contributed by atoms with Crippen molar-refractivity contribution in [2.24, 2.45) is 7.05 Å². The number of nitrogens with zero attached hydrogens (tertiary/aromatic N) is 5. The van der Waals surface area contributed by atoms with Crippen molar-refractivity contribution in [1.29, 1.82) is 0 Å². The summed E-state index contributed by atoms with van der Waals surface area (Å²) in [7, 11) is 1.74. The SMILES string of the molecule is CCSc1cc(Br)cnc1-c1nc2cc(SC(F)(F)F)nnc2n1C. The smallest absolute Gasteiger partial charge is 0.309 e. The van der Waals surface area contributed by atoms with Gasteiger partial charge in [-0.3, -0.25) is 4.98 Å². The molecule has 0 bridgehead atoms. The Kier molecular flexibility index (Phi) is 5.26. The summed E-state index contributed by atoms with van der Waals surface area (Å²) in [5, 5.41) is 7.28. The molecule has 0 spiro atoms. The molecule has 0 fully saturated rings. The van der Waals surface area contributed by atoms with Crippen LogP contribution in [0.3, 0.4) is 0 Å². The number of fused-ring (bicyclic) bond motifs is 1. The van der Waals surface area contributed by atoms with Gasteiger partial charge in [0.25, 0.3) is 0 Å². The molecule has 0 amide bonds. The molecule has 3 aromatic rings. The van der Waals surface area contributed by atoms with Gasteiger partial charge in [0.05, 0.1) is 0 Å². The van der Waals surface area contributed by atoms with Crippen molar-refractivity contribution in [3.05, 3.63) is 22.8 Å². The fraction of sp³-hybridized carbons (Fsp3) is 0.286. The Morgan fingerprint density at radius 1 is 1.24 bits per heavy atom. The Labute approximate surface area is 158 Å². The lowest BCUT2D eigenvalue weighted by Gasteiger charge is -2.07. The second-order valence-corrected chi connectivity index (χ2v) is 8.17. The summed E-state index contributed by atoms with van der Waals surface area (Å²) >= 11 is 4.69. The standard InChI is InChI=1S/C14H11BrF3N5S2/c1-3-24-9-4-7(15)6-19-11(9)13-20-8-5-10(25-14(16,17)18)21-22-12(8)23(13)2/h4-6H,3H2,1-2H3. The maximum atomic E-state index is 12.5. The highest BCUT2D eigenvalue weighted by Gasteiger charge is 2.30. The first-order valence-corrected chi connectivity index (χ1v) is 9.62. The number of hydrogen-bond acceptors (Lipinski definition) is 6. The number of aryl methyl sites for hydroxylation is 1. The van der Waals surface area contributed by atoms with Gasteiger partial charge in [0, 0.05) is 40.4 Å². The summed E-state index contributed by atoms with van der Waals surface area (Å²) in [5.74, 6) is 1.38. The zero-order valence-electron chi connectivity index (χ0n) is 13.0. The number of hydrogen-bond donors (Lipinski definition) is 0. The minimum atomic E-state index is -4.42. The monoisotopic (exact) mass is 449 g/mol. The summed E-state index contributed by atoms with van der Waals surface area (Å²) in [6.07, 6.45) is 1.66. The minimum Gasteiger partial charge on any atom is -0.309 e. The molecule has 0 aliphatic rings. The van der Waals surface area contributed by atoms with Crippen molar-refractivity contribution in [3.8, 4) is 11.5 Å². The van der Waals surface area contributed by atoms with Crippen LogP contribution in [-0.4, -0.2) is 36.0 Å². The highest BCUT2D eigenvalue weighted by molar-refractivity contribution is 9.10. The topological polar surface area (TPSA) is 56.5 Å². The average molecular weight is 450 g/mol. The van der Waals surface area contributed by atoms with E-state index in [0.29, 0.717) is 22.7 Å². The summed E-state index contributed by atoms with van der Waals surface area (Å²) in [5.41, 5.74) is -3.02. The van der Waals surface area contributed by atoms with E-state index in [-0.39, 0.29) is 16.8 Å².